The van der Waals surface area contributed by atoms with Crippen molar-refractivity contribution in [1.29, 1.82) is 0 Å². The van der Waals surface area contributed by atoms with Gasteiger partial charge in [0.15, 0.2) is 0 Å². The molecular formula is C27H25N3O6. The number of nitro benzene ring substituents is 1. The number of imide groups is 1. The van der Waals surface area contributed by atoms with Crippen LogP contribution in [0.15, 0.2) is 60.7 Å². The molecule has 1 N–H and O–H groups in total. The largest absolute Gasteiger partial charge is 0.494 e. The van der Waals surface area contributed by atoms with E-state index in [0.29, 0.717) is 11.8 Å². The van der Waals surface area contributed by atoms with Gasteiger partial charge >= 0.3 is 0 Å². The molecular weight excluding hydrogens is 462 g/mol. The van der Waals surface area contributed by atoms with Gasteiger partial charge in [0.05, 0.1) is 35.6 Å². The number of methoxy groups -OCH3 is 1. The van der Waals surface area contributed by atoms with Gasteiger partial charge in [-0.25, -0.2) is 0 Å². The van der Waals surface area contributed by atoms with Gasteiger partial charge in [-0.2, -0.15) is 0 Å². The summed E-state index contributed by atoms with van der Waals surface area (Å²) in [6.45, 7) is 0. The summed E-state index contributed by atoms with van der Waals surface area (Å²) in [5, 5.41) is 13.9. The van der Waals surface area contributed by atoms with Crippen molar-refractivity contribution < 1.29 is 24.0 Å². The smallest absolute Gasteiger partial charge is 0.273 e. The fourth-order valence-electron chi connectivity index (χ4n) is 6.54. The molecule has 184 valence electrons. The number of hydrogen-bond donors (Lipinski definition) is 1. The topological polar surface area (TPSA) is 119 Å². The molecule has 3 fully saturated rings. The molecule has 2 saturated carbocycles. The van der Waals surface area contributed by atoms with E-state index in [2.05, 4.69) is 17.5 Å². The second kappa shape index (κ2) is 8.29. The van der Waals surface area contributed by atoms with E-state index in [-0.39, 0.29) is 47.2 Å². The zero-order chi connectivity index (χ0) is 25.1. The van der Waals surface area contributed by atoms with E-state index in [0.717, 1.165) is 12.0 Å². The fraction of sp³-hybridized carbons (Fsp3) is 0.370. The first-order valence-corrected chi connectivity index (χ1v) is 12.1. The Kier molecular flexibility index (Phi) is 5.17. The van der Waals surface area contributed by atoms with Crippen molar-refractivity contribution >= 4 is 29.1 Å². The highest BCUT2D eigenvalue weighted by atomic mass is 16.6. The molecule has 7 atom stereocenters. The number of non-ortho nitro benzene ring substituents is 1. The first kappa shape index (κ1) is 22.5. The Labute approximate surface area is 207 Å². The lowest BCUT2D eigenvalue weighted by Crippen LogP contribution is -2.49. The van der Waals surface area contributed by atoms with Gasteiger partial charge in [-0.05, 0) is 41.7 Å². The van der Waals surface area contributed by atoms with Crippen LogP contribution in [0.5, 0.6) is 5.75 Å². The van der Waals surface area contributed by atoms with Crippen molar-refractivity contribution in [2.45, 2.75) is 18.9 Å². The molecule has 0 radical (unpaired) electrons. The van der Waals surface area contributed by atoms with E-state index < -0.39 is 28.7 Å². The van der Waals surface area contributed by atoms with Crippen LogP contribution in [0.25, 0.3) is 0 Å². The number of carbonyl (C=O) groups is 3. The Balaban J connectivity index is 1.33. The first-order chi connectivity index (χ1) is 17.4. The van der Waals surface area contributed by atoms with Crippen molar-refractivity contribution in [3.05, 3.63) is 76.4 Å². The molecule has 1 heterocycles. The van der Waals surface area contributed by atoms with E-state index in [4.69, 9.17) is 4.74 Å². The van der Waals surface area contributed by atoms with Gasteiger partial charge in [-0.1, -0.05) is 42.5 Å². The van der Waals surface area contributed by atoms with Crippen LogP contribution in [-0.2, 0) is 20.8 Å². The average Bonchev–Trinajstić information content (AvgIpc) is 3.67. The van der Waals surface area contributed by atoms with Gasteiger partial charge in [0.25, 0.3) is 5.69 Å². The average molecular weight is 488 g/mol. The highest BCUT2D eigenvalue weighted by Crippen LogP contribution is 2.65. The van der Waals surface area contributed by atoms with Crippen LogP contribution in [-0.4, -0.2) is 40.7 Å². The molecule has 3 amide bonds. The highest BCUT2D eigenvalue weighted by Gasteiger charge is 2.67. The SMILES string of the molecule is COc1cc([N+](=O)[O-])ccc1NC(=O)[C@H](Cc1ccccc1)N1C(=O)[C@H]2[C@@H]3C=C[C@H]([C@@H]4C[C@H]34)[C@@H]2C1=O. The summed E-state index contributed by atoms with van der Waals surface area (Å²) in [5.74, 6) is -0.756. The van der Waals surface area contributed by atoms with Crippen LogP contribution in [0.4, 0.5) is 11.4 Å². The summed E-state index contributed by atoms with van der Waals surface area (Å²) < 4.78 is 5.26. The maximum absolute atomic E-state index is 13.7. The first-order valence-electron chi connectivity index (χ1n) is 12.1. The minimum Gasteiger partial charge on any atom is -0.494 e. The molecule has 36 heavy (non-hydrogen) atoms. The van der Waals surface area contributed by atoms with Crippen LogP contribution in [0.3, 0.4) is 0 Å². The quantitative estimate of drug-likeness (QED) is 0.277. The monoisotopic (exact) mass is 487 g/mol. The van der Waals surface area contributed by atoms with Gasteiger partial charge < -0.3 is 10.1 Å². The fourth-order valence-corrected chi connectivity index (χ4v) is 6.54. The lowest BCUT2D eigenvalue weighted by Gasteiger charge is -2.37. The van der Waals surface area contributed by atoms with Gasteiger partial charge in [0.2, 0.25) is 17.7 Å². The molecule has 0 aromatic heterocycles. The van der Waals surface area contributed by atoms with Crippen molar-refractivity contribution in [3.8, 4) is 5.75 Å². The number of allylic oxidation sites excluding steroid dienone is 2. The highest BCUT2D eigenvalue weighted by molar-refractivity contribution is 6.11. The van der Waals surface area contributed by atoms with E-state index >= 15 is 0 Å². The lowest BCUT2D eigenvalue weighted by atomic mass is 9.63. The third kappa shape index (κ3) is 3.41. The third-order valence-corrected chi connectivity index (χ3v) is 8.24. The van der Waals surface area contributed by atoms with Gasteiger partial charge in [0, 0.05) is 12.5 Å². The number of amides is 3. The second-order valence-electron chi connectivity index (χ2n) is 10.0. The third-order valence-electron chi connectivity index (χ3n) is 8.24. The van der Waals surface area contributed by atoms with Gasteiger partial charge in [-0.15, -0.1) is 0 Å². The molecule has 2 bridgehead atoms. The van der Waals surface area contributed by atoms with Crippen molar-refractivity contribution in [2.24, 2.45) is 35.5 Å². The molecule has 9 heteroatoms. The zero-order valence-corrected chi connectivity index (χ0v) is 19.6. The van der Waals surface area contributed by atoms with E-state index in [1.165, 1.54) is 30.2 Å². The summed E-state index contributed by atoms with van der Waals surface area (Å²) in [6, 6.07) is 12.1. The van der Waals surface area contributed by atoms with Crippen molar-refractivity contribution in [2.75, 3.05) is 12.4 Å². The van der Waals surface area contributed by atoms with Crippen LogP contribution in [0, 0.1) is 45.6 Å². The number of anilines is 1. The van der Waals surface area contributed by atoms with Crippen LogP contribution in [0.1, 0.15) is 12.0 Å². The number of rotatable bonds is 7. The normalized spacial score (nSPS) is 30.0. The van der Waals surface area contributed by atoms with Crippen molar-refractivity contribution in [1.82, 2.24) is 4.90 Å². The van der Waals surface area contributed by atoms with Gasteiger partial charge in [0.1, 0.15) is 11.8 Å². The Hall–Kier alpha value is -4.01. The molecule has 1 aliphatic heterocycles. The Morgan fingerprint density at radius 1 is 1.08 bits per heavy atom. The standard InChI is InChI=1S/C27H25N3O6/c1-36-22-12-15(30(34)35)7-10-20(22)28-25(31)21(11-14-5-3-2-4-6-14)29-26(32)23-16-8-9-17(19-13-18(16)19)24(23)27(29)33/h2-10,12,16-19,21,23-24H,11,13H2,1H3,(H,28,31)/t16-,17-,18-,19+,21+,23+,24+/m1/s1. The Morgan fingerprint density at radius 2 is 1.72 bits per heavy atom. The molecule has 0 unspecified atom stereocenters. The number of carbonyl (C=O) groups excluding carboxylic acids is 3. The number of ether oxygens (including phenoxy) is 1. The minimum absolute atomic E-state index is 0.0571. The second-order valence-corrected chi connectivity index (χ2v) is 10.0. The molecule has 4 aliphatic carbocycles. The number of benzene rings is 2. The number of hydrogen-bond acceptors (Lipinski definition) is 6. The molecule has 2 aromatic rings. The number of nitro groups is 1. The summed E-state index contributed by atoms with van der Waals surface area (Å²) in [7, 11) is 1.35. The lowest BCUT2D eigenvalue weighted by molar-refractivity contribution is -0.384. The van der Waals surface area contributed by atoms with Crippen LogP contribution >= 0.6 is 0 Å². The molecule has 7 rings (SSSR count). The molecule has 0 spiro atoms. The number of nitrogens with one attached hydrogen (secondary N) is 1. The number of likely N-dealkylation sites (tertiary alicyclic amines) is 1. The maximum atomic E-state index is 13.7. The van der Waals surface area contributed by atoms with Gasteiger partial charge in [-0.3, -0.25) is 29.4 Å². The Bertz CT molecular complexity index is 1270. The van der Waals surface area contributed by atoms with Crippen molar-refractivity contribution in [3.63, 3.8) is 0 Å². The van der Waals surface area contributed by atoms with E-state index in [9.17, 15) is 24.5 Å². The predicted octanol–water partition coefficient (Wildman–Crippen LogP) is 3.21. The summed E-state index contributed by atoms with van der Waals surface area (Å²) in [4.78, 5) is 52.9. The van der Waals surface area contributed by atoms with Crippen LogP contribution < -0.4 is 10.1 Å². The van der Waals surface area contributed by atoms with E-state index in [1.54, 1.807) is 0 Å². The predicted molar refractivity (Wildman–Crippen MR) is 129 cm³/mol. The van der Waals surface area contributed by atoms with Crippen LogP contribution in [0.2, 0.25) is 0 Å². The molecule has 1 saturated heterocycles. The molecule has 2 aromatic carbocycles. The molecule has 9 nitrogen and oxygen atoms in total. The summed E-state index contributed by atoms with van der Waals surface area (Å²) >= 11 is 0. The summed E-state index contributed by atoms with van der Waals surface area (Å²) in [6.07, 6.45) is 5.42. The molecule has 5 aliphatic rings. The zero-order valence-electron chi connectivity index (χ0n) is 19.6. The minimum atomic E-state index is -1.06. The number of nitrogens with zero attached hydrogens (tertiary/aromatic N) is 2. The maximum Gasteiger partial charge on any atom is 0.273 e. The summed E-state index contributed by atoms with van der Waals surface area (Å²) in [5.41, 5.74) is 0.861. The van der Waals surface area contributed by atoms with E-state index in [1.807, 2.05) is 30.3 Å². The Morgan fingerprint density at radius 3 is 2.31 bits per heavy atom.